The van der Waals surface area contributed by atoms with Crippen LogP contribution in [-0.4, -0.2) is 35.9 Å². The molecule has 1 fully saturated rings. The molecular formula is C17H19ClN2O3. The summed E-state index contributed by atoms with van der Waals surface area (Å²) in [7, 11) is 0. The Balaban J connectivity index is 1.83. The van der Waals surface area contributed by atoms with E-state index < -0.39 is 0 Å². The normalized spacial score (nSPS) is 23.6. The number of amides is 2. The summed E-state index contributed by atoms with van der Waals surface area (Å²) in [6, 6.07) is 5.40. The average Bonchev–Trinajstić information content (AvgIpc) is 2.53. The van der Waals surface area contributed by atoms with Gasteiger partial charge in [0.2, 0.25) is 5.91 Å². The van der Waals surface area contributed by atoms with Gasteiger partial charge < -0.3 is 15.4 Å². The molecule has 2 heterocycles. The van der Waals surface area contributed by atoms with Crippen molar-refractivity contribution in [3.63, 3.8) is 0 Å². The fourth-order valence-electron chi connectivity index (χ4n) is 3.08. The maximum Gasteiger partial charge on any atom is 0.253 e. The van der Waals surface area contributed by atoms with E-state index in [4.69, 9.17) is 22.1 Å². The molecule has 0 bridgehead atoms. The summed E-state index contributed by atoms with van der Waals surface area (Å²) in [5.41, 5.74) is 6.76. The van der Waals surface area contributed by atoms with Crippen molar-refractivity contribution in [3.8, 4) is 5.75 Å². The zero-order valence-corrected chi connectivity index (χ0v) is 13.7. The molecular weight excluding hydrogens is 316 g/mol. The number of benzene rings is 1. The van der Waals surface area contributed by atoms with Crippen LogP contribution < -0.4 is 10.5 Å². The molecule has 3 rings (SSSR count). The molecule has 0 radical (unpaired) electrons. The highest BCUT2D eigenvalue weighted by molar-refractivity contribution is 6.30. The average molecular weight is 335 g/mol. The van der Waals surface area contributed by atoms with Crippen molar-refractivity contribution < 1.29 is 14.3 Å². The Kier molecular flexibility index (Phi) is 4.31. The third-order valence-corrected chi connectivity index (χ3v) is 4.74. The van der Waals surface area contributed by atoms with E-state index in [1.807, 2.05) is 13.0 Å². The number of nitrogens with zero attached hydrogens (tertiary/aromatic N) is 1. The van der Waals surface area contributed by atoms with Gasteiger partial charge in [0.05, 0.1) is 11.5 Å². The molecule has 2 amide bonds. The number of rotatable bonds is 2. The Labute approximate surface area is 140 Å². The molecule has 6 heteroatoms. The van der Waals surface area contributed by atoms with Gasteiger partial charge in [0, 0.05) is 23.2 Å². The number of carbonyl (C=O) groups excluding carboxylic acids is 2. The number of primary amides is 1. The summed E-state index contributed by atoms with van der Waals surface area (Å²) in [5, 5.41) is 0.595. The predicted octanol–water partition coefficient (Wildman–Crippen LogP) is 2.23. The molecule has 0 spiro atoms. The molecule has 1 saturated heterocycles. The topological polar surface area (TPSA) is 72.6 Å². The van der Waals surface area contributed by atoms with Crippen LogP contribution in [0.5, 0.6) is 5.75 Å². The highest BCUT2D eigenvalue weighted by atomic mass is 35.5. The first-order valence-electron chi connectivity index (χ1n) is 7.69. The lowest BCUT2D eigenvalue weighted by Crippen LogP contribution is -2.49. The molecule has 5 nitrogen and oxygen atoms in total. The van der Waals surface area contributed by atoms with Crippen LogP contribution >= 0.6 is 11.6 Å². The molecule has 2 N–H and O–H groups in total. The first kappa shape index (κ1) is 15.9. The molecule has 2 aliphatic rings. The number of fused-ring (bicyclic) bond motifs is 1. The Morgan fingerprint density at radius 1 is 1.35 bits per heavy atom. The Morgan fingerprint density at radius 2 is 2.13 bits per heavy atom. The van der Waals surface area contributed by atoms with Crippen LogP contribution in [0.1, 0.15) is 25.3 Å². The van der Waals surface area contributed by atoms with Gasteiger partial charge in [0.25, 0.3) is 5.91 Å². The van der Waals surface area contributed by atoms with E-state index in [2.05, 4.69) is 0 Å². The first-order chi connectivity index (χ1) is 11.0. The van der Waals surface area contributed by atoms with Gasteiger partial charge in [-0.05, 0) is 44.0 Å². The zero-order chi connectivity index (χ0) is 16.6. The standard InChI is InChI=1S/C17H19ClN2O3/c1-10-2-3-11(16(19)21)8-20(10)17(22)13-6-12-7-14(18)4-5-15(12)23-9-13/h4-7,10-11H,2-3,8-9H2,1H3,(H2,19,21)/t10-,11+/m0/s1. The second-order valence-corrected chi connectivity index (χ2v) is 6.56. The van der Waals surface area contributed by atoms with Crippen LogP contribution in [0, 0.1) is 5.92 Å². The second kappa shape index (κ2) is 6.24. The lowest BCUT2D eigenvalue weighted by molar-refractivity contribution is -0.134. The third kappa shape index (κ3) is 3.20. The Bertz CT molecular complexity index is 686. The number of ether oxygens (including phenoxy) is 1. The summed E-state index contributed by atoms with van der Waals surface area (Å²) in [5.74, 6) is -0.00979. The van der Waals surface area contributed by atoms with Crippen molar-refractivity contribution in [2.45, 2.75) is 25.8 Å². The van der Waals surface area contributed by atoms with Gasteiger partial charge in [-0.2, -0.15) is 0 Å². The lowest BCUT2D eigenvalue weighted by atomic mass is 9.92. The molecule has 23 heavy (non-hydrogen) atoms. The van der Waals surface area contributed by atoms with Gasteiger partial charge in [-0.25, -0.2) is 0 Å². The fraction of sp³-hybridized carbons (Fsp3) is 0.412. The SMILES string of the molecule is C[C@H]1CC[C@@H](C(N)=O)CN1C(=O)C1=Cc2cc(Cl)ccc2OC1. The van der Waals surface area contributed by atoms with Crippen LogP contribution in [0.4, 0.5) is 0 Å². The molecule has 0 saturated carbocycles. The predicted molar refractivity (Wildman–Crippen MR) is 88.0 cm³/mol. The van der Waals surface area contributed by atoms with Crippen molar-refractivity contribution >= 4 is 29.5 Å². The van der Waals surface area contributed by atoms with E-state index >= 15 is 0 Å². The summed E-state index contributed by atoms with van der Waals surface area (Å²) in [6.45, 7) is 2.58. The number of piperidine rings is 1. The summed E-state index contributed by atoms with van der Waals surface area (Å²) >= 11 is 6.00. The van der Waals surface area contributed by atoms with E-state index in [1.165, 1.54) is 0 Å². The van der Waals surface area contributed by atoms with Gasteiger partial charge in [-0.3, -0.25) is 9.59 Å². The van der Waals surface area contributed by atoms with Crippen molar-refractivity contribution in [1.29, 1.82) is 0 Å². The Morgan fingerprint density at radius 3 is 2.87 bits per heavy atom. The molecule has 2 aliphatic heterocycles. The monoisotopic (exact) mass is 334 g/mol. The van der Waals surface area contributed by atoms with Crippen LogP contribution in [-0.2, 0) is 9.59 Å². The van der Waals surface area contributed by atoms with Crippen LogP contribution in [0.2, 0.25) is 5.02 Å². The van der Waals surface area contributed by atoms with E-state index in [9.17, 15) is 9.59 Å². The van der Waals surface area contributed by atoms with E-state index in [1.54, 1.807) is 23.1 Å². The minimum absolute atomic E-state index is 0.0831. The third-order valence-electron chi connectivity index (χ3n) is 4.50. The zero-order valence-electron chi connectivity index (χ0n) is 12.9. The van der Waals surface area contributed by atoms with Gasteiger partial charge in [0.1, 0.15) is 12.4 Å². The molecule has 0 aliphatic carbocycles. The van der Waals surface area contributed by atoms with Gasteiger partial charge in [-0.1, -0.05) is 11.6 Å². The molecule has 1 aromatic rings. The van der Waals surface area contributed by atoms with Crippen LogP contribution in [0.15, 0.2) is 23.8 Å². The fourth-order valence-corrected chi connectivity index (χ4v) is 3.26. The van der Waals surface area contributed by atoms with Crippen molar-refractivity contribution in [2.24, 2.45) is 11.7 Å². The minimum Gasteiger partial charge on any atom is -0.488 e. The number of halogens is 1. The minimum atomic E-state index is -0.347. The first-order valence-corrected chi connectivity index (χ1v) is 8.06. The van der Waals surface area contributed by atoms with E-state index in [0.29, 0.717) is 22.9 Å². The van der Waals surface area contributed by atoms with E-state index in [0.717, 1.165) is 18.4 Å². The molecule has 2 atom stereocenters. The van der Waals surface area contributed by atoms with Gasteiger partial charge in [0.15, 0.2) is 0 Å². The van der Waals surface area contributed by atoms with Crippen molar-refractivity contribution in [2.75, 3.05) is 13.2 Å². The maximum absolute atomic E-state index is 12.8. The maximum atomic E-state index is 12.8. The smallest absolute Gasteiger partial charge is 0.253 e. The molecule has 0 unspecified atom stereocenters. The van der Waals surface area contributed by atoms with E-state index in [-0.39, 0.29) is 30.4 Å². The second-order valence-electron chi connectivity index (χ2n) is 6.12. The van der Waals surface area contributed by atoms with Gasteiger partial charge in [-0.15, -0.1) is 0 Å². The summed E-state index contributed by atoms with van der Waals surface area (Å²) in [4.78, 5) is 26.0. The summed E-state index contributed by atoms with van der Waals surface area (Å²) in [6.07, 6.45) is 3.32. The number of likely N-dealkylation sites (tertiary alicyclic amines) is 1. The quantitative estimate of drug-likeness (QED) is 0.901. The molecule has 0 aromatic heterocycles. The molecule has 1 aromatic carbocycles. The van der Waals surface area contributed by atoms with Crippen LogP contribution in [0.25, 0.3) is 6.08 Å². The number of nitrogens with two attached hydrogens (primary N) is 1. The lowest BCUT2D eigenvalue weighted by Gasteiger charge is -2.37. The van der Waals surface area contributed by atoms with Crippen LogP contribution in [0.3, 0.4) is 0 Å². The van der Waals surface area contributed by atoms with Crippen molar-refractivity contribution in [3.05, 3.63) is 34.4 Å². The molecule has 122 valence electrons. The number of hydrogen-bond acceptors (Lipinski definition) is 3. The van der Waals surface area contributed by atoms with Crippen molar-refractivity contribution in [1.82, 2.24) is 4.90 Å². The Hall–Kier alpha value is -2.01. The highest BCUT2D eigenvalue weighted by Crippen LogP contribution is 2.31. The number of carbonyl (C=O) groups is 2. The number of hydrogen-bond donors (Lipinski definition) is 1. The largest absolute Gasteiger partial charge is 0.488 e. The highest BCUT2D eigenvalue weighted by Gasteiger charge is 2.33. The van der Waals surface area contributed by atoms with Gasteiger partial charge >= 0.3 is 0 Å². The summed E-state index contributed by atoms with van der Waals surface area (Å²) < 4.78 is 5.65.